The van der Waals surface area contributed by atoms with Crippen LogP contribution in [-0.2, 0) is 14.3 Å². The standard InChI is InChI=1S/C9H16O3/c1-7(2)12-9(11)6-8(3)4-5-10/h5,7-8H,4,6H2,1-3H3. The van der Waals surface area contributed by atoms with Gasteiger partial charge in [0.05, 0.1) is 6.10 Å². The molecule has 0 spiro atoms. The third-order valence-electron chi connectivity index (χ3n) is 1.38. The third kappa shape index (κ3) is 5.89. The average molecular weight is 172 g/mol. The fourth-order valence-electron chi connectivity index (χ4n) is 0.843. The number of ether oxygens (including phenoxy) is 1. The van der Waals surface area contributed by atoms with Crippen molar-refractivity contribution in [3.8, 4) is 0 Å². The van der Waals surface area contributed by atoms with Gasteiger partial charge >= 0.3 is 5.97 Å². The van der Waals surface area contributed by atoms with Gasteiger partial charge in [-0.1, -0.05) is 6.92 Å². The second-order valence-electron chi connectivity index (χ2n) is 3.25. The van der Waals surface area contributed by atoms with Gasteiger partial charge in [-0.05, 0) is 19.8 Å². The molecule has 0 aliphatic rings. The Hall–Kier alpha value is -0.860. The Morgan fingerprint density at radius 1 is 1.42 bits per heavy atom. The van der Waals surface area contributed by atoms with E-state index in [-0.39, 0.29) is 18.0 Å². The van der Waals surface area contributed by atoms with Crippen LogP contribution in [-0.4, -0.2) is 18.4 Å². The second-order valence-corrected chi connectivity index (χ2v) is 3.25. The molecule has 0 fully saturated rings. The molecule has 0 aliphatic carbocycles. The topological polar surface area (TPSA) is 43.4 Å². The molecule has 0 aromatic rings. The lowest BCUT2D eigenvalue weighted by molar-refractivity contribution is -0.148. The molecule has 0 saturated heterocycles. The van der Waals surface area contributed by atoms with Crippen LogP contribution in [0.1, 0.15) is 33.6 Å². The summed E-state index contributed by atoms with van der Waals surface area (Å²) in [6.07, 6.45) is 1.51. The largest absolute Gasteiger partial charge is 0.463 e. The van der Waals surface area contributed by atoms with Gasteiger partial charge in [0.25, 0.3) is 0 Å². The van der Waals surface area contributed by atoms with E-state index in [4.69, 9.17) is 4.74 Å². The van der Waals surface area contributed by atoms with E-state index in [9.17, 15) is 9.59 Å². The molecule has 0 bridgehead atoms. The molecule has 0 rings (SSSR count). The first kappa shape index (κ1) is 11.1. The molecule has 0 radical (unpaired) electrons. The Balaban J connectivity index is 3.61. The van der Waals surface area contributed by atoms with E-state index >= 15 is 0 Å². The van der Waals surface area contributed by atoms with Gasteiger partial charge in [-0.3, -0.25) is 4.79 Å². The third-order valence-corrected chi connectivity index (χ3v) is 1.38. The predicted molar refractivity (Wildman–Crippen MR) is 45.7 cm³/mol. The van der Waals surface area contributed by atoms with Crippen molar-refractivity contribution in [1.82, 2.24) is 0 Å². The maximum Gasteiger partial charge on any atom is 0.306 e. The molecule has 0 saturated carbocycles. The molecule has 3 nitrogen and oxygen atoms in total. The van der Waals surface area contributed by atoms with Crippen LogP contribution < -0.4 is 0 Å². The number of hydrogen-bond acceptors (Lipinski definition) is 3. The highest BCUT2D eigenvalue weighted by molar-refractivity contribution is 5.70. The number of esters is 1. The van der Waals surface area contributed by atoms with Gasteiger partial charge in [0.2, 0.25) is 0 Å². The van der Waals surface area contributed by atoms with Crippen molar-refractivity contribution in [2.45, 2.75) is 39.7 Å². The monoisotopic (exact) mass is 172 g/mol. The Morgan fingerprint density at radius 2 is 2.00 bits per heavy atom. The molecule has 3 heteroatoms. The van der Waals surface area contributed by atoms with E-state index in [1.54, 1.807) is 0 Å². The Labute approximate surface area is 73.1 Å². The molecule has 0 N–H and O–H groups in total. The van der Waals surface area contributed by atoms with E-state index in [0.717, 1.165) is 6.29 Å². The van der Waals surface area contributed by atoms with Crippen molar-refractivity contribution in [3.63, 3.8) is 0 Å². The van der Waals surface area contributed by atoms with Crippen LogP contribution in [0.25, 0.3) is 0 Å². The van der Waals surface area contributed by atoms with Gasteiger partial charge < -0.3 is 9.53 Å². The number of carbonyl (C=O) groups is 2. The van der Waals surface area contributed by atoms with Crippen LogP contribution in [0.4, 0.5) is 0 Å². The summed E-state index contributed by atoms with van der Waals surface area (Å²) in [5.41, 5.74) is 0. The normalized spacial score (nSPS) is 12.7. The zero-order chi connectivity index (χ0) is 9.56. The number of hydrogen-bond donors (Lipinski definition) is 0. The maximum atomic E-state index is 11.0. The van der Waals surface area contributed by atoms with Crippen molar-refractivity contribution in [2.24, 2.45) is 5.92 Å². The van der Waals surface area contributed by atoms with Crippen molar-refractivity contribution in [2.75, 3.05) is 0 Å². The minimum absolute atomic E-state index is 0.0686. The van der Waals surface area contributed by atoms with E-state index in [2.05, 4.69) is 0 Å². The van der Waals surface area contributed by atoms with E-state index in [1.165, 1.54) is 0 Å². The smallest absolute Gasteiger partial charge is 0.306 e. The summed E-state index contributed by atoms with van der Waals surface area (Å²) in [7, 11) is 0. The highest BCUT2D eigenvalue weighted by atomic mass is 16.5. The molecule has 0 amide bonds. The van der Waals surface area contributed by atoms with Crippen LogP contribution in [0.2, 0.25) is 0 Å². The first-order chi connectivity index (χ1) is 5.56. The SMILES string of the molecule is CC(CC=O)CC(=O)OC(C)C. The van der Waals surface area contributed by atoms with Crippen molar-refractivity contribution >= 4 is 12.3 Å². The minimum Gasteiger partial charge on any atom is -0.463 e. The summed E-state index contributed by atoms with van der Waals surface area (Å²) < 4.78 is 4.91. The number of carbonyl (C=O) groups excluding carboxylic acids is 2. The summed E-state index contributed by atoms with van der Waals surface area (Å²) in [4.78, 5) is 21.1. The number of aldehydes is 1. The van der Waals surface area contributed by atoms with Gasteiger partial charge in [0, 0.05) is 12.8 Å². The lowest BCUT2D eigenvalue weighted by atomic mass is 10.1. The summed E-state index contributed by atoms with van der Waals surface area (Å²) >= 11 is 0. The van der Waals surface area contributed by atoms with Gasteiger partial charge in [-0.25, -0.2) is 0 Å². The van der Waals surface area contributed by atoms with Crippen LogP contribution in [0.3, 0.4) is 0 Å². The number of rotatable bonds is 5. The second kappa shape index (κ2) is 5.75. The molecular weight excluding hydrogens is 156 g/mol. The van der Waals surface area contributed by atoms with Crippen LogP contribution >= 0.6 is 0 Å². The van der Waals surface area contributed by atoms with Gasteiger partial charge in [-0.2, -0.15) is 0 Å². The summed E-state index contributed by atoms with van der Waals surface area (Å²) in [5.74, 6) is -0.131. The van der Waals surface area contributed by atoms with E-state index in [1.807, 2.05) is 20.8 Å². The predicted octanol–water partition coefficient (Wildman–Crippen LogP) is 1.55. The summed E-state index contributed by atoms with van der Waals surface area (Å²) in [5, 5.41) is 0. The van der Waals surface area contributed by atoms with Gasteiger partial charge in [0.1, 0.15) is 6.29 Å². The van der Waals surface area contributed by atoms with Crippen molar-refractivity contribution < 1.29 is 14.3 Å². The lowest BCUT2D eigenvalue weighted by Crippen LogP contribution is -2.14. The molecule has 1 atom stereocenters. The van der Waals surface area contributed by atoms with E-state index < -0.39 is 0 Å². The summed E-state index contributed by atoms with van der Waals surface area (Å²) in [6.45, 7) is 5.47. The van der Waals surface area contributed by atoms with Crippen LogP contribution in [0.15, 0.2) is 0 Å². The minimum atomic E-state index is -0.223. The first-order valence-corrected chi connectivity index (χ1v) is 4.19. The lowest BCUT2D eigenvalue weighted by Gasteiger charge is -2.10. The average Bonchev–Trinajstić information content (AvgIpc) is 1.84. The van der Waals surface area contributed by atoms with Crippen molar-refractivity contribution in [1.29, 1.82) is 0 Å². The van der Waals surface area contributed by atoms with Crippen LogP contribution in [0, 0.1) is 5.92 Å². The molecule has 12 heavy (non-hydrogen) atoms. The molecule has 0 aliphatic heterocycles. The quantitative estimate of drug-likeness (QED) is 0.467. The molecule has 0 aromatic heterocycles. The molecule has 1 unspecified atom stereocenters. The molecule has 70 valence electrons. The zero-order valence-corrected chi connectivity index (χ0v) is 7.87. The molecule has 0 heterocycles. The zero-order valence-electron chi connectivity index (χ0n) is 7.87. The maximum absolute atomic E-state index is 11.0. The first-order valence-electron chi connectivity index (χ1n) is 4.19. The van der Waals surface area contributed by atoms with Crippen LogP contribution in [0.5, 0.6) is 0 Å². The Kier molecular flexibility index (Phi) is 5.34. The molecule has 0 aromatic carbocycles. The highest BCUT2D eigenvalue weighted by Gasteiger charge is 2.10. The Bertz CT molecular complexity index is 152. The van der Waals surface area contributed by atoms with Gasteiger partial charge in [0.15, 0.2) is 0 Å². The van der Waals surface area contributed by atoms with E-state index in [0.29, 0.717) is 12.8 Å². The molecular formula is C9H16O3. The highest BCUT2D eigenvalue weighted by Crippen LogP contribution is 2.07. The van der Waals surface area contributed by atoms with Gasteiger partial charge in [-0.15, -0.1) is 0 Å². The summed E-state index contributed by atoms with van der Waals surface area (Å²) in [6, 6.07) is 0. The Morgan fingerprint density at radius 3 is 2.42 bits per heavy atom. The van der Waals surface area contributed by atoms with Crippen molar-refractivity contribution in [3.05, 3.63) is 0 Å². The fraction of sp³-hybridized carbons (Fsp3) is 0.778. The fourth-order valence-corrected chi connectivity index (χ4v) is 0.843.